The molecule has 1 atom stereocenters. The minimum absolute atomic E-state index is 0.143. The fourth-order valence-corrected chi connectivity index (χ4v) is 3.03. The Morgan fingerprint density at radius 1 is 0.931 bits per heavy atom. The van der Waals surface area contributed by atoms with Crippen molar-refractivity contribution in [1.82, 2.24) is 10.2 Å². The van der Waals surface area contributed by atoms with E-state index in [0.29, 0.717) is 16.6 Å². The van der Waals surface area contributed by atoms with E-state index in [4.69, 9.17) is 4.74 Å². The van der Waals surface area contributed by atoms with E-state index in [1.54, 1.807) is 42.5 Å². The molecule has 3 aromatic carbocycles. The summed E-state index contributed by atoms with van der Waals surface area (Å²) in [7, 11) is 0. The minimum Gasteiger partial charge on any atom is -0.442 e. The number of rotatable bonds is 5. The van der Waals surface area contributed by atoms with Crippen LogP contribution in [0, 0.1) is 6.92 Å². The molecule has 0 spiro atoms. The van der Waals surface area contributed by atoms with Crippen molar-refractivity contribution in [3.63, 3.8) is 0 Å². The zero-order chi connectivity index (χ0) is 20.2. The second kappa shape index (κ2) is 7.98. The maximum Gasteiger partial charge on any atom is 0.360 e. The van der Waals surface area contributed by atoms with Gasteiger partial charge in [-0.1, -0.05) is 66.2 Å². The summed E-state index contributed by atoms with van der Waals surface area (Å²) in [5, 5.41) is 10.3. The van der Waals surface area contributed by atoms with Crippen molar-refractivity contribution < 1.29 is 14.3 Å². The molecule has 6 nitrogen and oxygen atoms in total. The molecule has 29 heavy (non-hydrogen) atoms. The first kappa shape index (κ1) is 18.4. The van der Waals surface area contributed by atoms with Crippen LogP contribution < -0.4 is 5.32 Å². The van der Waals surface area contributed by atoms with Crippen LogP contribution in [0.5, 0.6) is 0 Å². The molecule has 4 aromatic rings. The first-order valence-electron chi connectivity index (χ1n) is 9.18. The predicted molar refractivity (Wildman–Crippen MR) is 111 cm³/mol. The first-order chi connectivity index (χ1) is 14.1. The topological polar surface area (TPSA) is 84.1 Å². The zero-order valence-corrected chi connectivity index (χ0v) is 15.8. The lowest BCUT2D eigenvalue weighted by atomic mass is 10.1. The number of para-hydroxylation sites is 1. The van der Waals surface area contributed by atoms with Crippen LogP contribution in [0.1, 0.15) is 27.7 Å². The number of aryl methyl sites for hydroxylation is 1. The number of amides is 1. The normalized spacial score (nSPS) is 11.8. The molecule has 1 heterocycles. The maximum absolute atomic E-state index is 13.0. The lowest BCUT2D eigenvalue weighted by Gasteiger charge is -2.18. The van der Waals surface area contributed by atoms with E-state index in [9.17, 15) is 9.59 Å². The van der Waals surface area contributed by atoms with Gasteiger partial charge in [-0.2, -0.15) is 5.10 Å². The van der Waals surface area contributed by atoms with Gasteiger partial charge in [-0.15, -0.1) is 0 Å². The summed E-state index contributed by atoms with van der Waals surface area (Å²) in [5.74, 6) is -1.11. The first-order valence-corrected chi connectivity index (χ1v) is 9.18. The van der Waals surface area contributed by atoms with E-state index in [-0.39, 0.29) is 5.69 Å². The monoisotopic (exact) mass is 385 g/mol. The highest BCUT2D eigenvalue weighted by molar-refractivity contribution is 6.03. The molecule has 0 fully saturated rings. The van der Waals surface area contributed by atoms with Crippen LogP contribution in [0.4, 0.5) is 5.69 Å². The van der Waals surface area contributed by atoms with Crippen LogP contribution in [0.3, 0.4) is 0 Å². The molecule has 0 bridgehead atoms. The van der Waals surface area contributed by atoms with E-state index < -0.39 is 18.0 Å². The number of carbonyl (C=O) groups excluding carboxylic acids is 2. The number of ether oxygens (including phenoxy) is 1. The average Bonchev–Trinajstić information content (AvgIpc) is 3.18. The molecule has 0 aliphatic heterocycles. The number of carbonyl (C=O) groups is 2. The van der Waals surface area contributed by atoms with Gasteiger partial charge in [0.05, 0.1) is 5.52 Å². The number of nitrogens with one attached hydrogen (secondary N) is 2. The van der Waals surface area contributed by atoms with Crippen LogP contribution >= 0.6 is 0 Å². The second-order valence-electron chi connectivity index (χ2n) is 6.67. The van der Waals surface area contributed by atoms with E-state index in [2.05, 4.69) is 15.5 Å². The Balaban J connectivity index is 1.61. The van der Waals surface area contributed by atoms with Crippen molar-refractivity contribution in [1.29, 1.82) is 0 Å². The Morgan fingerprint density at radius 2 is 1.62 bits per heavy atom. The molecule has 6 heteroatoms. The number of nitrogens with zero attached hydrogens (tertiary/aromatic N) is 1. The fraction of sp³-hybridized carbons (Fsp3) is 0.0870. The highest BCUT2D eigenvalue weighted by atomic mass is 16.5. The lowest BCUT2D eigenvalue weighted by Crippen LogP contribution is -2.26. The Morgan fingerprint density at radius 3 is 2.38 bits per heavy atom. The van der Waals surface area contributed by atoms with Crippen LogP contribution in [0.2, 0.25) is 0 Å². The summed E-state index contributed by atoms with van der Waals surface area (Å²) < 4.78 is 5.61. The Bertz CT molecular complexity index is 1150. The third-order valence-electron chi connectivity index (χ3n) is 4.55. The molecule has 0 saturated carbocycles. The lowest BCUT2D eigenvalue weighted by molar-refractivity contribution is -0.125. The zero-order valence-electron chi connectivity index (χ0n) is 15.8. The standard InChI is InChI=1S/C23H19N3O3/c1-15-11-13-17(14-12-15)24-22(27)21(16-7-3-2-4-8-16)29-23(28)20-18-9-5-6-10-19(18)25-26-20/h2-14,21H,1H3,(H,24,27)(H,25,26)/t21-/m1/s1. The van der Waals surface area contributed by atoms with Gasteiger partial charge in [-0.3, -0.25) is 9.89 Å². The largest absolute Gasteiger partial charge is 0.442 e. The summed E-state index contributed by atoms with van der Waals surface area (Å²) >= 11 is 0. The van der Waals surface area contributed by atoms with E-state index in [0.717, 1.165) is 11.1 Å². The van der Waals surface area contributed by atoms with E-state index in [1.165, 1.54) is 0 Å². The molecule has 0 unspecified atom stereocenters. The summed E-state index contributed by atoms with van der Waals surface area (Å²) in [6.45, 7) is 1.97. The molecule has 0 saturated heterocycles. The Labute approximate surface area is 167 Å². The number of benzene rings is 3. The molecule has 1 amide bonds. The second-order valence-corrected chi connectivity index (χ2v) is 6.67. The number of aromatic amines is 1. The summed E-state index contributed by atoms with van der Waals surface area (Å²) in [6.07, 6.45) is -1.11. The molecule has 144 valence electrons. The number of H-pyrrole nitrogens is 1. The van der Waals surface area contributed by atoms with Crippen LogP contribution in [-0.2, 0) is 9.53 Å². The van der Waals surface area contributed by atoms with Gasteiger partial charge in [0.15, 0.2) is 5.69 Å². The Hall–Kier alpha value is -3.93. The number of fused-ring (bicyclic) bond motifs is 1. The summed E-state index contributed by atoms with van der Waals surface area (Å²) in [6, 6.07) is 23.6. The molecular formula is C23H19N3O3. The van der Waals surface area contributed by atoms with Gasteiger partial charge in [0, 0.05) is 16.6 Å². The van der Waals surface area contributed by atoms with Crippen LogP contribution in [0.25, 0.3) is 10.9 Å². The van der Waals surface area contributed by atoms with Crippen molar-refractivity contribution in [2.24, 2.45) is 0 Å². The van der Waals surface area contributed by atoms with Crippen molar-refractivity contribution in [2.45, 2.75) is 13.0 Å². The van der Waals surface area contributed by atoms with Crippen LogP contribution in [-0.4, -0.2) is 22.1 Å². The van der Waals surface area contributed by atoms with E-state index in [1.807, 2.05) is 43.3 Å². The maximum atomic E-state index is 13.0. The highest BCUT2D eigenvalue weighted by Gasteiger charge is 2.27. The third kappa shape index (κ3) is 4.01. The van der Waals surface area contributed by atoms with Gasteiger partial charge in [-0.25, -0.2) is 4.79 Å². The quantitative estimate of drug-likeness (QED) is 0.499. The number of hydrogen-bond acceptors (Lipinski definition) is 4. The molecule has 1 aromatic heterocycles. The van der Waals surface area contributed by atoms with Gasteiger partial charge in [0.25, 0.3) is 5.91 Å². The van der Waals surface area contributed by atoms with E-state index >= 15 is 0 Å². The summed E-state index contributed by atoms with van der Waals surface area (Å²) in [5.41, 5.74) is 3.15. The highest BCUT2D eigenvalue weighted by Crippen LogP contribution is 2.24. The average molecular weight is 385 g/mol. The van der Waals surface area contributed by atoms with Crippen molar-refractivity contribution >= 4 is 28.5 Å². The minimum atomic E-state index is -1.11. The molecule has 4 rings (SSSR count). The molecular weight excluding hydrogens is 366 g/mol. The van der Waals surface area contributed by atoms with Gasteiger partial charge < -0.3 is 10.1 Å². The SMILES string of the molecule is Cc1ccc(NC(=O)[C@H](OC(=O)c2n[nH]c3ccccc23)c2ccccc2)cc1. The van der Waals surface area contributed by atoms with Gasteiger partial charge in [0.2, 0.25) is 6.10 Å². The van der Waals surface area contributed by atoms with Gasteiger partial charge in [0.1, 0.15) is 0 Å². The summed E-state index contributed by atoms with van der Waals surface area (Å²) in [4.78, 5) is 25.8. The fourth-order valence-electron chi connectivity index (χ4n) is 3.03. The molecule has 0 radical (unpaired) electrons. The Kier molecular flexibility index (Phi) is 5.07. The van der Waals surface area contributed by atoms with Crippen molar-refractivity contribution in [3.8, 4) is 0 Å². The smallest absolute Gasteiger partial charge is 0.360 e. The van der Waals surface area contributed by atoms with Gasteiger partial charge >= 0.3 is 5.97 Å². The number of hydrogen-bond donors (Lipinski definition) is 2. The van der Waals surface area contributed by atoms with Crippen molar-refractivity contribution in [3.05, 3.63) is 95.7 Å². The number of anilines is 1. The molecule has 0 aliphatic carbocycles. The van der Waals surface area contributed by atoms with Crippen molar-refractivity contribution in [2.75, 3.05) is 5.32 Å². The van der Waals surface area contributed by atoms with Crippen LogP contribution in [0.15, 0.2) is 78.9 Å². The third-order valence-corrected chi connectivity index (χ3v) is 4.55. The number of aromatic nitrogens is 2. The molecule has 0 aliphatic rings. The number of esters is 1. The predicted octanol–water partition coefficient (Wildman–Crippen LogP) is 4.41. The van der Waals surface area contributed by atoms with Gasteiger partial charge in [-0.05, 0) is 25.1 Å². The molecule has 2 N–H and O–H groups in total.